The van der Waals surface area contributed by atoms with Crippen molar-refractivity contribution in [3.05, 3.63) is 11.9 Å². The molecule has 2 rings (SSSR count). The van der Waals surface area contributed by atoms with Crippen LogP contribution in [0.5, 0.6) is 0 Å². The number of carbonyl (C=O) groups is 2. The highest BCUT2D eigenvalue weighted by molar-refractivity contribution is 6.13. The van der Waals surface area contributed by atoms with Crippen LogP contribution in [0.3, 0.4) is 0 Å². The molecule has 1 N–H and O–H groups in total. The van der Waals surface area contributed by atoms with Gasteiger partial charge >= 0.3 is 5.97 Å². The standard InChI is InChI=1S/C12H16N2O4/c1-8-7-14(2-3-18-8)11-6-10(15)4-9(13-11)5-12(16)17/h6,8H,2-5,7H2,1H3,(H,16,17). The summed E-state index contributed by atoms with van der Waals surface area (Å²) in [7, 11) is 0. The van der Waals surface area contributed by atoms with Crippen molar-refractivity contribution in [2.24, 2.45) is 4.99 Å². The van der Waals surface area contributed by atoms with E-state index in [0.29, 0.717) is 31.2 Å². The molecule has 0 aromatic heterocycles. The number of ether oxygens (including phenoxy) is 1. The van der Waals surface area contributed by atoms with E-state index in [4.69, 9.17) is 9.84 Å². The third-order valence-corrected chi connectivity index (χ3v) is 2.86. The Kier molecular flexibility index (Phi) is 3.76. The number of hydrogen-bond acceptors (Lipinski definition) is 5. The molecule has 0 saturated carbocycles. The van der Waals surface area contributed by atoms with E-state index in [1.807, 2.05) is 11.8 Å². The zero-order valence-corrected chi connectivity index (χ0v) is 10.3. The average molecular weight is 252 g/mol. The predicted molar refractivity (Wildman–Crippen MR) is 64.4 cm³/mol. The summed E-state index contributed by atoms with van der Waals surface area (Å²) in [4.78, 5) is 28.5. The van der Waals surface area contributed by atoms with Crippen LogP contribution in [0.15, 0.2) is 16.9 Å². The minimum Gasteiger partial charge on any atom is -0.481 e. The molecule has 1 fully saturated rings. The molecular formula is C12H16N2O4. The van der Waals surface area contributed by atoms with Crippen LogP contribution >= 0.6 is 0 Å². The van der Waals surface area contributed by atoms with Crippen molar-refractivity contribution < 1.29 is 19.4 Å². The van der Waals surface area contributed by atoms with Crippen LogP contribution < -0.4 is 0 Å². The summed E-state index contributed by atoms with van der Waals surface area (Å²) in [5.41, 5.74) is 0.421. The molecule has 2 aliphatic heterocycles. The van der Waals surface area contributed by atoms with Crippen molar-refractivity contribution in [2.45, 2.75) is 25.9 Å². The summed E-state index contributed by atoms with van der Waals surface area (Å²) >= 11 is 0. The third-order valence-electron chi connectivity index (χ3n) is 2.86. The topological polar surface area (TPSA) is 79.2 Å². The minimum atomic E-state index is -0.960. The quantitative estimate of drug-likeness (QED) is 0.788. The first kappa shape index (κ1) is 12.8. The number of nitrogens with zero attached hydrogens (tertiary/aromatic N) is 2. The van der Waals surface area contributed by atoms with Gasteiger partial charge in [0.15, 0.2) is 5.78 Å². The molecule has 6 heteroatoms. The maximum Gasteiger partial charge on any atom is 0.309 e. The van der Waals surface area contributed by atoms with Gasteiger partial charge in [0.25, 0.3) is 0 Å². The molecule has 2 heterocycles. The molecular weight excluding hydrogens is 236 g/mol. The molecule has 0 radical (unpaired) electrons. The van der Waals surface area contributed by atoms with Crippen LogP contribution in [-0.2, 0) is 14.3 Å². The van der Waals surface area contributed by atoms with E-state index in [1.54, 1.807) is 0 Å². The number of ketones is 1. The lowest BCUT2D eigenvalue weighted by atomic mass is 10.1. The number of aliphatic imine (C=N–C) groups is 1. The van der Waals surface area contributed by atoms with E-state index < -0.39 is 5.97 Å². The fourth-order valence-corrected chi connectivity index (χ4v) is 2.10. The monoisotopic (exact) mass is 252 g/mol. The van der Waals surface area contributed by atoms with Crippen molar-refractivity contribution in [3.63, 3.8) is 0 Å². The molecule has 1 saturated heterocycles. The number of morpholine rings is 1. The molecule has 2 aliphatic rings. The molecule has 0 bridgehead atoms. The van der Waals surface area contributed by atoms with Crippen molar-refractivity contribution >= 4 is 17.5 Å². The molecule has 0 spiro atoms. The first-order valence-electron chi connectivity index (χ1n) is 5.94. The van der Waals surface area contributed by atoms with Gasteiger partial charge in [-0.25, -0.2) is 4.99 Å². The first-order chi connectivity index (χ1) is 8.54. The minimum absolute atomic E-state index is 0.0876. The largest absolute Gasteiger partial charge is 0.481 e. The van der Waals surface area contributed by atoms with Crippen LogP contribution in [0.1, 0.15) is 19.8 Å². The van der Waals surface area contributed by atoms with Crippen LogP contribution in [0.4, 0.5) is 0 Å². The molecule has 6 nitrogen and oxygen atoms in total. The van der Waals surface area contributed by atoms with E-state index in [-0.39, 0.29) is 24.7 Å². The molecule has 18 heavy (non-hydrogen) atoms. The lowest BCUT2D eigenvalue weighted by Crippen LogP contribution is -2.41. The zero-order valence-electron chi connectivity index (χ0n) is 10.3. The zero-order chi connectivity index (χ0) is 13.1. The van der Waals surface area contributed by atoms with E-state index in [1.165, 1.54) is 6.08 Å². The number of carboxylic acid groups (broad SMARTS) is 1. The van der Waals surface area contributed by atoms with Crippen molar-refractivity contribution in [1.82, 2.24) is 4.90 Å². The summed E-state index contributed by atoms with van der Waals surface area (Å²) in [6.07, 6.45) is 1.51. The second kappa shape index (κ2) is 5.30. The van der Waals surface area contributed by atoms with Gasteiger partial charge < -0.3 is 14.7 Å². The van der Waals surface area contributed by atoms with Gasteiger partial charge in [0.05, 0.1) is 19.1 Å². The van der Waals surface area contributed by atoms with Gasteiger partial charge in [-0.1, -0.05) is 0 Å². The van der Waals surface area contributed by atoms with Gasteiger partial charge in [-0.15, -0.1) is 0 Å². The van der Waals surface area contributed by atoms with Gasteiger partial charge in [0.2, 0.25) is 0 Å². The number of carboxylic acids is 1. The first-order valence-corrected chi connectivity index (χ1v) is 5.94. The number of carbonyl (C=O) groups excluding carboxylic acids is 1. The van der Waals surface area contributed by atoms with Gasteiger partial charge in [-0.3, -0.25) is 9.59 Å². The Labute approximate surface area is 105 Å². The summed E-state index contributed by atoms with van der Waals surface area (Å²) in [6.45, 7) is 3.89. The van der Waals surface area contributed by atoms with Gasteiger partial charge in [-0.05, 0) is 6.92 Å². The van der Waals surface area contributed by atoms with E-state index in [2.05, 4.69) is 4.99 Å². The molecule has 1 atom stereocenters. The van der Waals surface area contributed by atoms with Crippen molar-refractivity contribution in [3.8, 4) is 0 Å². The molecule has 98 valence electrons. The summed E-state index contributed by atoms with van der Waals surface area (Å²) < 4.78 is 5.42. The average Bonchev–Trinajstić information content (AvgIpc) is 2.27. The smallest absolute Gasteiger partial charge is 0.309 e. The highest BCUT2D eigenvalue weighted by Crippen LogP contribution is 2.18. The van der Waals surface area contributed by atoms with E-state index >= 15 is 0 Å². The van der Waals surface area contributed by atoms with E-state index in [9.17, 15) is 9.59 Å². The normalized spacial score (nSPS) is 24.6. The summed E-state index contributed by atoms with van der Waals surface area (Å²) in [5.74, 6) is -0.480. The van der Waals surface area contributed by atoms with E-state index in [0.717, 1.165) is 0 Å². The lowest BCUT2D eigenvalue weighted by Gasteiger charge is -2.33. The molecule has 1 unspecified atom stereocenters. The number of allylic oxidation sites excluding steroid dienone is 1. The number of hydrogen-bond donors (Lipinski definition) is 1. The number of rotatable bonds is 3. The van der Waals surface area contributed by atoms with Crippen molar-refractivity contribution in [2.75, 3.05) is 19.7 Å². The maximum atomic E-state index is 11.6. The predicted octanol–water partition coefficient (Wildman–Crippen LogP) is 0.437. The fourth-order valence-electron chi connectivity index (χ4n) is 2.10. The maximum absolute atomic E-state index is 11.6. The second-order valence-electron chi connectivity index (χ2n) is 4.52. The highest BCUT2D eigenvalue weighted by Gasteiger charge is 2.23. The van der Waals surface area contributed by atoms with Gasteiger partial charge in [0.1, 0.15) is 5.82 Å². The Balaban J connectivity index is 2.12. The Hall–Kier alpha value is -1.69. The van der Waals surface area contributed by atoms with Gasteiger partial charge in [-0.2, -0.15) is 0 Å². The van der Waals surface area contributed by atoms with Crippen LogP contribution in [0, 0.1) is 0 Å². The lowest BCUT2D eigenvalue weighted by molar-refractivity contribution is -0.135. The third kappa shape index (κ3) is 3.16. The van der Waals surface area contributed by atoms with Crippen LogP contribution in [0.25, 0.3) is 0 Å². The summed E-state index contributed by atoms with van der Waals surface area (Å²) in [5, 5.41) is 8.75. The molecule has 0 amide bonds. The Morgan fingerprint density at radius 2 is 2.44 bits per heavy atom. The molecule has 0 aromatic rings. The summed E-state index contributed by atoms with van der Waals surface area (Å²) in [6, 6.07) is 0. The molecule has 0 aliphatic carbocycles. The van der Waals surface area contributed by atoms with Crippen molar-refractivity contribution in [1.29, 1.82) is 0 Å². The Morgan fingerprint density at radius 3 is 3.11 bits per heavy atom. The van der Waals surface area contributed by atoms with Crippen LogP contribution in [0.2, 0.25) is 0 Å². The van der Waals surface area contributed by atoms with Crippen LogP contribution in [-0.4, -0.2) is 53.3 Å². The second-order valence-corrected chi connectivity index (χ2v) is 4.52. The Bertz CT molecular complexity index is 428. The Morgan fingerprint density at radius 1 is 1.67 bits per heavy atom. The number of aliphatic carboxylic acids is 1. The SMILES string of the molecule is CC1CN(C2=CC(=O)CC(CC(=O)O)=N2)CCO1. The highest BCUT2D eigenvalue weighted by atomic mass is 16.5. The fraction of sp³-hybridized carbons (Fsp3) is 0.583. The molecule has 0 aromatic carbocycles. The van der Waals surface area contributed by atoms with Gasteiger partial charge in [0, 0.05) is 31.3 Å².